The first-order chi connectivity index (χ1) is 14.2. The Hall–Kier alpha value is -3.45. The average molecular weight is 405 g/mol. The van der Waals surface area contributed by atoms with E-state index in [2.05, 4.69) is 5.32 Å². The Morgan fingerprint density at radius 2 is 1.93 bits per heavy atom. The van der Waals surface area contributed by atoms with Gasteiger partial charge in [0.2, 0.25) is 11.8 Å². The van der Waals surface area contributed by atoms with Crippen LogP contribution in [0.25, 0.3) is 0 Å². The number of thiophene rings is 1. The SMILES string of the molecule is COc1ccccc1NC(=O)CN1C(=O)CC(c2cccs2)=Nc2ccccc21. The molecule has 0 saturated heterocycles. The maximum Gasteiger partial charge on any atom is 0.244 e. The smallest absolute Gasteiger partial charge is 0.244 e. The van der Waals surface area contributed by atoms with Crippen molar-refractivity contribution < 1.29 is 14.3 Å². The number of anilines is 2. The molecule has 0 fully saturated rings. The first-order valence-electron chi connectivity index (χ1n) is 9.09. The molecular weight excluding hydrogens is 386 g/mol. The van der Waals surface area contributed by atoms with E-state index in [4.69, 9.17) is 9.73 Å². The fourth-order valence-electron chi connectivity index (χ4n) is 3.18. The lowest BCUT2D eigenvalue weighted by molar-refractivity contribution is -0.120. The number of rotatable bonds is 5. The van der Waals surface area contributed by atoms with Crippen LogP contribution in [0.3, 0.4) is 0 Å². The monoisotopic (exact) mass is 405 g/mol. The van der Waals surface area contributed by atoms with Gasteiger partial charge in [0.05, 0.1) is 36.3 Å². The lowest BCUT2D eigenvalue weighted by Gasteiger charge is -2.22. The second kappa shape index (κ2) is 8.28. The Balaban J connectivity index is 1.60. The number of methoxy groups -OCH3 is 1. The third kappa shape index (κ3) is 4.05. The van der Waals surface area contributed by atoms with Crippen molar-refractivity contribution in [2.45, 2.75) is 6.42 Å². The number of carbonyl (C=O) groups is 2. The van der Waals surface area contributed by atoms with Gasteiger partial charge in [0.1, 0.15) is 12.3 Å². The van der Waals surface area contributed by atoms with Crippen molar-refractivity contribution in [3.63, 3.8) is 0 Å². The van der Waals surface area contributed by atoms with Gasteiger partial charge in [0.25, 0.3) is 0 Å². The molecule has 1 aromatic heterocycles. The fourth-order valence-corrected chi connectivity index (χ4v) is 3.90. The second-order valence-corrected chi connectivity index (χ2v) is 7.38. The van der Waals surface area contributed by atoms with Crippen LogP contribution in [0.2, 0.25) is 0 Å². The molecule has 3 aromatic rings. The van der Waals surface area contributed by atoms with Crippen LogP contribution in [-0.2, 0) is 9.59 Å². The number of hydrogen-bond donors (Lipinski definition) is 1. The Kier molecular flexibility index (Phi) is 5.39. The van der Waals surface area contributed by atoms with Crippen molar-refractivity contribution in [1.29, 1.82) is 0 Å². The van der Waals surface area contributed by atoms with E-state index in [1.54, 1.807) is 30.6 Å². The number of aliphatic imine (C=N–C) groups is 1. The lowest BCUT2D eigenvalue weighted by atomic mass is 10.2. The molecule has 2 amide bonds. The van der Waals surface area contributed by atoms with Gasteiger partial charge in [0, 0.05) is 4.88 Å². The van der Waals surface area contributed by atoms with Gasteiger partial charge in [-0.15, -0.1) is 11.3 Å². The molecule has 4 rings (SSSR count). The summed E-state index contributed by atoms with van der Waals surface area (Å²) < 4.78 is 5.28. The van der Waals surface area contributed by atoms with Gasteiger partial charge in [-0.2, -0.15) is 0 Å². The Morgan fingerprint density at radius 1 is 1.14 bits per heavy atom. The van der Waals surface area contributed by atoms with Gasteiger partial charge >= 0.3 is 0 Å². The molecule has 0 radical (unpaired) electrons. The highest BCUT2D eigenvalue weighted by molar-refractivity contribution is 7.12. The van der Waals surface area contributed by atoms with Crippen LogP contribution in [-0.4, -0.2) is 31.2 Å². The molecule has 7 heteroatoms. The third-order valence-electron chi connectivity index (χ3n) is 4.54. The molecule has 0 aliphatic carbocycles. The minimum atomic E-state index is -0.308. The summed E-state index contributed by atoms with van der Waals surface area (Å²) in [6.07, 6.45) is 0.136. The Bertz CT molecular complexity index is 1080. The summed E-state index contributed by atoms with van der Waals surface area (Å²) in [6.45, 7) is -0.110. The van der Waals surface area contributed by atoms with Crippen molar-refractivity contribution in [3.8, 4) is 5.75 Å². The number of nitrogens with one attached hydrogen (secondary N) is 1. The molecule has 0 atom stereocenters. The van der Waals surface area contributed by atoms with Gasteiger partial charge in [-0.05, 0) is 35.7 Å². The van der Waals surface area contributed by atoms with Gasteiger partial charge in [-0.3, -0.25) is 9.59 Å². The standard InChI is InChI=1S/C22H19N3O3S/c1-28-19-10-5-3-8-16(19)24-21(26)14-25-18-9-4-2-7-15(18)23-17(13-22(25)27)20-11-6-12-29-20/h2-12H,13-14H2,1H3,(H,24,26). The zero-order valence-corrected chi connectivity index (χ0v) is 16.6. The zero-order chi connectivity index (χ0) is 20.2. The van der Waals surface area contributed by atoms with Gasteiger partial charge in [-0.25, -0.2) is 4.99 Å². The maximum atomic E-state index is 13.0. The van der Waals surface area contributed by atoms with Crippen molar-refractivity contribution in [3.05, 3.63) is 70.9 Å². The van der Waals surface area contributed by atoms with E-state index in [1.807, 2.05) is 53.9 Å². The fraction of sp³-hybridized carbons (Fsp3) is 0.136. The molecule has 2 aromatic carbocycles. The van der Waals surface area contributed by atoms with Crippen LogP contribution in [0.1, 0.15) is 11.3 Å². The van der Waals surface area contributed by atoms with E-state index >= 15 is 0 Å². The van der Waals surface area contributed by atoms with Crippen LogP contribution >= 0.6 is 11.3 Å². The predicted molar refractivity (Wildman–Crippen MR) is 116 cm³/mol. The molecular formula is C22H19N3O3S. The molecule has 0 spiro atoms. The Labute approximate surface area is 172 Å². The van der Waals surface area contributed by atoms with Gasteiger partial charge in [-0.1, -0.05) is 30.3 Å². The number of hydrogen-bond acceptors (Lipinski definition) is 5. The van der Waals surface area contributed by atoms with E-state index in [0.717, 1.165) is 4.88 Å². The van der Waals surface area contributed by atoms with Crippen molar-refractivity contribution >= 4 is 45.9 Å². The molecule has 1 aliphatic heterocycles. The average Bonchev–Trinajstić information content (AvgIpc) is 3.23. The zero-order valence-electron chi connectivity index (χ0n) is 15.8. The van der Waals surface area contributed by atoms with Crippen LogP contribution in [0.5, 0.6) is 5.75 Å². The first-order valence-corrected chi connectivity index (χ1v) is 9.97. The summed E-state index contributed by atoms with van der Waals surface area (Å²) in [5.41, 5.74) is 2.57. The van der Waals surface area contributed by atoms with E-state index in [-0.39, 0.29) is 24.8 Å². The number of nitrogens with zero attached hydrogens (tertiary/aromatic N) is 2. The number of benzene rings is 2. The number of para-hydroxylation sites is 4. The van der Waals surface area contributed by atoms with E-state index < -0.39 is 0 Å². The minimum Gasteiger partial charge on any atom is -0.495 e. The normalized spacial score (nSPS) is 13.3. The summed E-state index contributed by atoms with van der Waals surface area (Å²) in [7, 11) is 1.54. The van der Waals surface area contributed by atoms with E-state index in [0.29, 0.717) is 28.5 Å². The molecule has 146 valence electrons. The summed E-state index contributed by atoms with van der Waals surface area (Å²) in [4.78, 5) is 32.9. The van der Waals surface area contributed by atoms with Crippen molar-refractivity contribution in [1.82, 2.24) is 0 Å². The summed E-state index contributed by atoms with van der Waals surface area (Å²) in [6, 6.07) is 18.4. The third-order valence-corrected chi connectivity index (χ3v) is 5.45. The van der Waals surface area contributed by atoms with Gasteiger partial charge < -0.3 is 15.0 Å². The van der Waals surface area contributed by atoms with Crippen LogP contribution < -0.4 is 15.0 Å². The van der Waals surface area contributed by atoms with Gasteiger partial charge in [0.15, 0.2) is 0 Å². The number of ether oxygens (including phenoxy) is 1. The number of fused-ring (bicyclic) bond motifs is 1. The molecule has 1 aliphatic rings. The predicted octanol–water partition coefficient (Wildman–Crippen LogP) is 4.25. The Morgan fingerprint density at radius 3 is 2.72 bits per heavy atom. The highest BCUT2D eigenvalue weighted by Crippen LogP contribution is 2.33. The van der Waals surface area contributed by atoms with Crippen LogP contribution in [0.4, 0.5) is 17.1 Å². The first kappa shape index (κ1) is 18.9. The van der Waals surface area contributed by atoms with Crippen LogP contribution in [0, 0.1) is 0 Å². The summed E-state index contributed by atoms with van der Waals surface area (Å²) in [5, 5.41) is 4.78. The minimum absolute atomic E-state index is 0.110. The van der Waals surface area contributed by atoms with Crippen molar-refractivity contribution in [2.24, 2.45) is 4.99 Å². The quantitative estimate of drug-likeness (QED) is 0.690. The molecule has 0 unspecified atom stereocenters. The van der Waals surface area contributed by atoms with E-state index in [1.165, 1.54) is 4.90 Å². The molecule has 0 bridgehead atoms. The number of amides is 2. The summed E-state index contributed by atoms with van der Waals surface area (Å²) in [5.74, 6) is 0.0845. The largest absolute Gasteiger partial charge is 0.495 e. The molecule has 2 heterocycles. The highest BCUT2D eigenvalue weighted by atomic mass is 32.1. The maximum absolute atomic E-state index is 13.0. The van der Waals surface area contributed by atoms with Crippen molar-refractivity contribution in [2.75, 3.05) is 23.9 Å². The summed E-state index contributed by atoms with van der Waals surface area (Å²) >= 11 is 1.54. The molecule has 29 heavy (non-hydrogen) atoms. The molecule has 1 N–H and O–H groups in total. The highest BCUT2D eigenvalue weighted by Gasteiger charge is 2.27. The van der Waals surface area contributed by atoms with E-state index in [9.17, 15) is 9.59 Å². The topological polar surface area (TPSA) is 71.0 Å². The lowest BCUT2D eigenvalue weighted by Crippen LogP contribution is -2.38. The molecule has 6 nitrogen and oxygen atoms in total. The second-order valence-electron chi connectivity index (χ2n) is 6.43. The van der Waals surface area contributed by atoms with Crippen LogP contribution in [0.15, 0.2) is 71.0 Å². The number of carbonyl (C=O) groups excluding carboxylic acids is 2. The molecule has 0 saturated carbocycles.